The minimum atomic E-state index is 0.205. The van der Waals surface area contributed by atoms with Crippen LogP contribution in [0, 0.1) is 0 Å². The van der Waals surface area contributed by atoms with Crippen LogP contribution >= 0.6 is 23.4 Å². The predicted octanol–water partition coefficient (Wildman–Crippen LogP) is 3.49. The van der Waals surface area contributed by atoms with Gasteiger partial charge in [0.15, 0.2) is 5.16 Å². The van der Waals surface area contributed by atoms with E-state index in [-0.39, 0.29) is 6.04 Å². The van der Waals surface area contributed by atoms with Gasteiger partial charge in [-0.2, -0.15) is 0 Å². The Hall–Kier alpha value is -1.20. The number of halogens is 1. The molecule has 0 saturated heterocycles. The minimum absolute atomic E-state index is 0.205. The normalized spacial score (nSPS) is 12.4. The number of furan rings is 1. The molecule has 0 saturated carbocycles. The van der Waals surface area contributed by atoms with Crippen molar-refractivity contribution in [1.29, 1.82) is 0 Å². The molecule has 0 spiro atoms. The quantitative estimate of drug-likeness (QED) is 0.517. The zero-order valence-corrected chi connectivity index (χ0v) is 11.8. The Labute approximate surface area is 115 Å². The van der Waals surface area contributed by atoms with E-state index in [0.29, 0.717) is 10.3 Å². The van der Waals surface area contributed by atoms with Crippen LogP contribution in [0.25, 0.3) is 0 Å². The summed E-state index contributed by atoms with van der Waals surface area (Å²) in [6.45, 7) is 2.07. The number of hydrogen-bond donors (Lipinski definition) is 1. The van der Waals surface area contributed by atoms with Gasteiger partial charge in [0, 0.05) is 18.5 Å². The molecule has 0 radical (unpaired) electrons. The fourth-order valence-corrected chi connectivity index (χ4v) is 2.21. The highest BCUT2D eigenvalue weighted by Gasteiger charge is 2.08. The average molecular weight is 284 g/mol. The van der Waals surface area contributed by atoms with Crippen LogP contribution in [0.4, 0.5) is 5.82 Å². The van der Waals surface area contributed by atoms with E-state index in [1.54, 1.807) is 12.3 Å². The van der Waals surface area contributed by atoms with Crippen molar-refractivity contribution in [2.75, 3.05) is 11.6 Å². The first-order valence-electron chi connectivity index (χ1n) is 5.55. The molecule has 0 aliphatic heterocycles. The van der Waals surface area contributed by atoms with Crippen LogP contribution in [-0.4, -0.2) is 22.3 Å². The van der Waals surface area contributed by atoms with Gasteiger partial charge in [-0.15, -0.1) is 0 Å². The van der Waals surface area contributed by atoms with Gasteiger partial charge in [-0.1, -0.05) is 23.4 Å². The Balaban J connectivity index is 2.02. The van der Waals surface area contributed by atoms with E-state index in [9.17, 15) is 0 Å². The SMILES string of the molecule is CSc1nc(Cl)cc(NC(C)Cc2ccco2)n1. The Bertz CT molecular complexity index is 504. The molecular weight excluding hydrogens is 270 g/mol. The average Bonchev–Trinajstić information content (AvgIpc) is 2.80. The number of rotatable bonds is 5. The second-order valence-corrected chi connectivity index (χ2v) is 5.05. The lowest BCUT2D eigenvalue weighted by atomic mass is 10.2. The van der Waals surface area contributed by atoms with Gasteiger partial charge in [0.2, 0.25) is 0 Å². The highest BCUT2D eigenvalue weighted by molar-refractivity contribution is 7.98. The number of nitrogens with one attached hydrogen (secondary N) is 1. The summed E-state index contributed by atoms with van der Waals surface area (Å²) >= 11 is 7.40. The molecule has 4 nitrogen and oxygen atoms in total. The van der Waals surface area contributed by atoms with Crippen molar-refractivity contribution in [2.24, 2.45) is 0 Å². The van der Waals surface area contributed by atoms with Crippen molar-refractivity contribution in [3.63, 3.8) is 0 Å². The number of nitrogens with zero attached hydrogens (tertiary/aromatic N) is 2. The second-order valence-electron chi connectivity index (χ2n) is 3.89. The van der Waals surface area contributed by atoms with Gasteiger partial charge in [-0.25, -0.2) is 9.97 Å². The van der Waals surface area contributed by atoms with Crippen molar-refractivity contribution < 1.29 is 4.42 Å². The van der Waals surface area contributed by atoms with Crippen LogP contribution in [0.5, 0.6) is 0 Å². The molecule has 2 rings (SSSR count). The molecule has 0 aliphatic rings. The number of aromatic nitrogens is 2. The van der Waals surface area contributed by atoms with Crippen molar-refractivity contribution in [3.8, 4) is 0 Å². The first-order chi connectivity index (χ1) is 8.67. The van der Waals surface area contributed by atoms with E-state index < -0.39 is 0 Å². The molecule has 18 heavy (non-hydrogen) atoms. The van der Waals surface area contributed by atoms with E-state index in [1.165, 1.54) is 11.8 Å². The minimum Gasteiger partial charge on any atom is -0.469 e. The van der Waals surface area contributed by atoms with E-state index in [4.69, 9.17) is 16.0 Å². The maximum atomic E-state index is 5.93. The predicted molar refractivity (Wildman–Crippen MR) is 74.3 cm³/mol. The first-order valence-corrected chi connectivity index (χ1v) is 7.15. The molecule has 0 fully saturated rings. The Morgan fingerprint density at radius 3 is 3.00 bits per heavy atom. The zero-order chi connectivity index (χ0) is 13.0. The zero-order valence-electron chi connectivity index (χ0n) is 10.2. The summed E-state index contributed by atoms with van der Waals surface area (Å²) in [6, 6.07) is 5.77. The standard InChI is InChI=1S/C12H14ClN3OS/c1-8(6-9-4-3-5-17-9)14-11-7-10(13)15-12(16-11)18-2/h3-5,7-8H,6H2,1-2H3,(H,14,15,16). The molecule has 0 bridgehead atoms. The van der Waals surface area contributed by atoms with Gasteiger partial charge in [0.25, 0.3) is 0 Å². The van der Waals surface area contributed by atoms with Gasteiger partial charge in [-0.3, -0.25) is 0 Å². The van der Waals surface area contributed by atoms with Crippen LogP contribution in [0.2, 0.25) is 5.15 Å². The molecule has 6 heteroatoms. The van der Waals surface area contributed by atoms with Gasteiger partial charge < -0.3 is 9.73 Å². The molecule has 2 aromatic rings. The van der Waals surface area contributed by atoms with Gasteiger partial charge in [0.1, 0.15) is 16.7 Å². The number of thioether (sulfide) groups is 1. The van der Waals surface area contributed by atoms with Crippen LogP contribution in [0.3, 0.4) is 0 Å². The summed E-state index contributed by atoms with van der Waals surface area (Å²) < 4.78 is 5.31. The third-order valence-electron chi connectivity index (χ3n) is 2.34. The van der Waals surface area contributed by atoms with Crippen LogP contribution < -0.4 is 5.32 Å². The van der Waals surface area contributed by atoms with E-state index in [2.05, 4.69) is 22.2 Å². The summed E-state index contributed by atoms with van der Waals surface area (Å²) in [5.41, 5.74) is 0. The monoisotopic (exact) mass is 283 g/mol. The van der Waals surface area contributed by atoms with Gasteiger partial charge >= 0.3 is 0 Å². The molecule has 2 heterocycles. The highest BCUT2D eigenvalue weighted by Crippen LogP contribution is 2.18. The molecule has 1 N–H and O–H groups in total. The van der Waals surface area contributed by atoms with Gasteiger partial charge in [-0.05, 0) is 25.3 Å². The Morgan fingerprint density at radius 2 is 2.33 bits per heavy atom. The first kappa shape index (κ1) is 13.2. The fraction of sp³-hybridized carbons (Fsp3) is 0.333. The fourth-order valence-electron chi connectivity index (χ4n) is 1.60. The third kappa shape index (κ3) is 3.65. The third-order valence-corrected chi connectivity index (χ3v) is 3.08. The molecule has 0 amide bonds. The molecule has 2 aromatic heterocycles. The summed E-state index contributed by atoms with van der Waals surface area (Å²) in [5, 5.41) is 4.40. The lowest BCUT2D eigenvalue weighted by Crippen LogP contribution is -2.18. The topological polar surface area (TPSA) is 51.0 Å². The maximum Gasteiger partial charge on any atom is 0.190 e. The molecule has 0 aliphatic carbocycles. The lowest BCUT2D eigenvalue weighted by molar-refractivity contribution is 0.497. The maximum absolute atomic E-state index is 5.93. The molecule has 1 atom stereocenters. The van der Waals surface area contributed by atoms with Crippen LogP contribution in [0.1, 0.15) is 12.7 Å². The summed E-state index contributed by atoms with van der Waals surface area (Å²) in [5.74, 6) is 1.68. The summed E-state index contributed by atoms with van der Waals surface area (Å²) in [6.07, 6.45) is 4.39. The second kappa shape index (κ2) is 6.11. The Morgan fingerprint density at radius 1 is 1.50 bits per heavy atom. The summed E-state index contributed by atoms with van der Waals surface area (Å²) in [4.78, 5) is 8.44. The van der Waals surface area contributed by atoms with Crippen molar-refractivity contribution >= 4 is 29.2 Å². The molecule has 96 valence electrons. The van der Waals surface area contributed by atoms with Crippen LogP contribution in [0.15, 0.2) is 34.0 Å². The molecule has 0 aromatic carbocycles. The van der Waals surface area contributed by atoms with Crippen LogP contribution in [-0.2, 0) is 6.42 Å². The number of anilines is 1. The lowest BCUT2D eigenvalue weighted by Gasteiger charge is -2.13. The van der Waals surface area contributed by atoms with E-state index in [0.717, 1.165) is 18.0 Å². The molecule has 1 unspecified atom stereocenters. The highest BCUT2D eigenvalue weighted by atomic mass is 35.5. The largest absolute Gasteiger partial charge is 0.469 e. The smallest absolute Gasteiger partial charge is 0.190 e. The van der Waals surface area contributed by atoms with Crippen molar-refractivity contribution in [1.82, 2.24) is 9.97 Å². The van der Waals surface area contributed by atoms with E-state index in [1.807, 2.05) is 18.4 Å². The van der Waals surface area contributed by atoms with Crippen molar-refractivity contribution in [3.05, 3.63) is 35.4 Å². The molecular formula is C12H14ClN3OS. The Kier molecular flexibility index (Phi) is 4.49. The summed E-state index contributed by atoms with van der Waals surface area (Å²) in [7, 11) is 0. The van der Waals surface area contributed by atoms with Crippen molar-refractivity contribution in [2.45, 2.75) is 24.5 Å². The van der Waals surface area contributed by atoms with Gasteiger partial charge in [0.05, 0.1) is 6.26 Å². The van der Waals surface area contributed by atoms with E-state index >= 15 is 0 Å². The number of hydrogen-bond acceptors (Lipinski definition) is 5.